The molecule has 6 nitrogen and oxygen atoms in total. The van der Waals surface area contributed by atoms with Crippen LogP contribution in [0.1, 0.15) is 23.3 Å². The van der Waals surface area contributed by atoms with Crippen molar-refractivity contribution in [2.24, 2.45) is 0 Å². The maximum Gasteiger partial charge on any atom is 0.158 e. The van der Waals surface area contributed by atoms with Crippen LogP contribution in [0.2, 0.25) is 0 Å². The third-order valence-electron chi connectivity index (χ3n) is 3.01. The summed E-state index contributed by atoms with van der Waals surface area (Å²) < 4.78 is 5.14. The van der Waals surface area contributed by atoms with Gasteiger partial charge in [-0.1, -0.05) is 0 Å². The zero-order valence-corrected chi connectivity index (χ0v) is 13.7. The molecule has 0 atom stereocenters. The van der Waals surface area contributed by atoms with Crippen LogP contribution >= 0.6 is 11.3 Å². The van der Waals surface area contributed by atoms with Crippen LogP contribution in [0.3, 0.4) is 0 Å². The molecule has 1 N–H and O–H groups in total. The summed E-state index contributed by atoms with van der Waals surface area (Å²) in [6.45, 7) is 6.08. The second-order valence-electron chi connectivity index (χ2n) is 4.71. The monoisotopic (exact) mass is 307 g/mol. The van der Waals surface area contributed by atoms with E-state index in [0.29, 0.717) is 12.4 Å². The molecule has 0 bridgehead atoms. The Kier molecular flexibility index (Phi) is 5.46. The number of methoxy groups -OCH3 is 1. The second kappa shape index (κ2) is 7.33. The molecule has 0 unspecified atom stereocenters. The zero-order chi connectivity index (χ0) is 15.2. The third kappa shape index (κ3) is 4.12. The van der Waals surface area contributed by atoms with Crippen molar-refractivity contribution in [3.8, 4) is 0 Å². The van der Waals surface area contributed by atoms with Crippen molar-refractivity contribution >= 4 is 23.0 Å². The molecular weight excluding hydrogens is 286 g/mol. The molecule has 114 valence electrons. The summed E-state index contributed by atoms with van der Waals surface area (Å²) in [5.74, 6) is 2.38. The summed E-state index contributed by atoms with van der Waals surface area (Å²) in [6, 6.07) is 1.96. The fraction of sp³-hybridized carbons (Fsp3) is 0.500. The van der Waals surface area contributed by atoms with E-state index in [1.165, 1.54) is 4.88 Å². The quantitative estimate of drug-likeness (QED) is 0.848. The molecule has 0 amide bonds. The third-order valence-corrected chi connectivity index (χ3v) is 3.93. The van der Waals surface area contributed by atoms with Gasteiger partial charge in [-0.05, 0) is 13.8 Å². The number of nitrogens with zero attached hydrogens (tertiary/aromatic N) is 4. The molecular formula is C14H21N5OS. The summed E-state index contributed by atoms with van der Waals surface area (Å²) >= 11 is 1.66. The summed E-state index contributed by atoms with van der Waals surface area (Å²) in [4.78, 5) is 16.6. The van der Waals surface area contributed by atoms with Gasteiger partial charge in [0.05, 0.1) is 17.7 Å². The Morgan fingerprint density at radius 1 is 1.38 bits per heavy atom. The van der Waals surface area contributed by atoms with E-state index in [-0.39, 0.29) is 0 Å². The lowest BCUT2D eigenvalue weighted by molar-refractivity contribution is 0.178. The van der Waals surface area contributed by atoms with Gasteiger partial charge >= 0.3 is 0 Å². The van der Waals surface area contributed by atoms with Gasteiger partial charge < -0.3 is 15.0 Å². The minimum atomic E-state index is 0.402. The molecule has 2 heterocycles. The molecule has 2 aromatic rings. The van der Waals surface area contributed by atoms with E-state index in [2.05, 4.69) is 25.2 Å². The molecule has 2 rings (SSSR count). The Bertz CT molecular complexity index is 562. The molecule has 7 heteroatoms. The van der Waals surface area contributed by atoms with Gasteiger partial charge in [-0.15, -0.1) is 11.3 Å². The van der Waals surface area contributed by atoms with E-state index in [4.69, 9.17) is 4.74 Å². The largest absolute Gasteiger partial charge is 0.377 e. The zero-order valence-electron chi connectivity index (χ0n) is 12.9. The van der Waals surface area contributed by atoms with Crippen LogP contribution in [-0.2, 0) is 17.9 Å². The Morgan fingerprint density at radius 3 is 2.81 bits per heavy atom. The number of aryl methyl sites for hydroxylation is 1. The van der Waals surface area contributed by atoms with E-state index in [0.717, 1.165) is 30.4 Å². The Balaban J connectivity index is 2.22. The number of anilines is 2. The number of rotatable bonds is 7. The van der Waals surface area contributed by atoms with Crippen molar-refractivity contribution in [2.75, 3.05) is 30.9 Å². The first-order chi connectivity index (χ1) is 10.1. The van der Waals surface area contributed by atoms with Crippen LogP contribution in [0.4, 0.5) is 11.6 Å². The van der Waals surface area contributed by atoms with E-state index in [9.17, 15) is 0 Å². The van der Waals surface area contributed by atoms with E-state index >= 15 is 0 Å². The molecule has 0 aromatic carbocycles. The van der Waals surface area contributed by atoms with Crippen molar-refractivity contribution in [1.82, 2.24) is 15.0 Å². The van der Waals surface area contributed by atoms with Gasteiger partial charge in [0.15, 0.2) is 5.82 Å². The molecule has 0 spiro atoms. The highest BCUT2D eigenvalue weighted by molar-refractivity contribution is 7.09. The summed E-state index contributed by atoms with van der Waals surface area (Å²) in [5.41, 5.74) is 2.95. The van der Waals surface area contributed by atoms with Crippen LogP contribution in [0.5, 0.6) is 0 Å². The number of ether oxygens (including phenoxy) is 1. The Morgan fingerprint density at radius 2 is 2.19 bits per heavy atom. The average molecular weight is 307 g/mol. The molecule has 0 aliphatic heterocycles. The van der Waals surface area contributed by atoms with Gasteiger partial charge in [0.2, 0.25) is 0 Å². The first-order valence-electron chi connectivity index (χ1n) is 6.85. The number of hydrogen-bond acceptors (Lipinski definition) is 7. The average Bonchev–Trinajstić information content (AvgIpc) is 2.85. The predicted molar refractivity (Wildman–Crippen MR) is 85.9 cm³/mol. The van der Waals surface area contributed by atoms with Crippen LogP contribution in [0.15, 0.2) is 11.6 Å². The van der Waals surface area contributed by atoms with Crippen molar-refractivity contribution in [3.63, 3.8) is 0 Å². The molecule has 0 saturated carbocycles. The van der Waals surface area contributed by atoms with Crippen LogP contribution in [0.25, 0.3) is 0 Å². The lowest BCUT2D eigenvalue weighted by Gasteiger charge is -2.19. The van der Waals surface area contributed by atoms with Crippen molar-refractivity contribution in [2.45, 2.75) is 27.0 Å². The predicted octanol–water partition coefficient (Wildman–Crippen LogP) is 2.46. The molecule has 0 radical (unpaired) electrons. The molecule has 0 saturated heterocycles. The van der Waals surface area contributed by atoms with Crippen LogP contribution in [-0.4, -0.2) is 35.7 Å². The van der Waals surface area contributed by atoms with Gasteiger partial charge in [-0.2, -0.15) is 0 Å². The van der Waals surface area contributed by atoms with E-state index < -0.39 is 0 Å². The fourth-order valence-electron chi connectivity index (χ4n) is 1.92. The maximum absolute atomic E-state index is 5.14. The standard InChI is InChI=1S/C14H21N5OS/c1-5-15-12-6-14(18-13(17-12)8-20-4)19(3)7-11-10(2)16-9-21-11/h6,9H,5,7-8H2,1-4H3,(H,15,17,18). The number of thiazole rings is 1. The van der Waals surface area contributed by atoms with Crippen LogP contribution < -0.4 is 10.2 Å². The minimum absolute atomic E-state index is 0.402. The second-order valence-corrected chi connectivity index (χ2v) is 5.65. The van der Waals surface area contributed by atoms with Crippen LogP contribution in [0, 0.1) is 6.92 Å². The lowest BCUT2D eigenvalue weighted by atomic mass is 10.3. The first-order valence-corrected chi connectivity index (χ1v) is 7.72. The van der Waals surface area contributed by atoms with Gasteiger partial charge in [0.25, 0.3) is 0 Å². The molecule has 0 aliphatic carbocycles. The molecule has 0 aliphatic rings. The molecule has 0 fully saturated rings. The summed E-state index contributed by atoms with van der Waals surface area (Å²) in [5, 5.41) is 3.23. The van der Waals surface area contributed by atoms with Gasteiger partial charge in [-0.3, -0.25) is 0 Å². The van der Waals surface area contributed by atoms with Crippen molar-refractivity contribution in [3.05, 3.63) is 28.0 Å². The highest BCUT2D eigenvalue weighted by atomic mass is 32.1. The SMILES string of the molecule is CCNc1cc(N(C)Cc2scnc2C)nc(COC)n1. The lowest BCUT2D eigenvalue weighted by Crippen LogP contribution is -2.19. The number of nitrogens with one attached hydrogen (secondary N) is 1. The van der Waals surface area contributed by atoms with Crippen molar-refractivity contribution < 1.29 is 4.74 Å². The van der Waals surface area contributed by atoms with Crippen molar-refractivity contribution in [1.29, 1.82) is 0 Å². The smallest absolute Gasteiger partial charge is 0.158 e. The molecule has 21 heavy (non-hydrogen) atoms. The highest BCUT2D eigenvalue weighted by Crippen LogP contribution is 2.20. The fourth-order valence-corrected chi connectivity index (χ4v) is 2.75. The van der Waals surface area contributed by atoms with E-state index in [1.54, 1.807) is 18.4 Å². The van der Waals surface area contributed by atoms with E-state index in [1.807, 2.05) is 32.5 Å². The normalized spacial score (nSPS) is 10.7. The van der Waals surface area contributed by atoms with Gasteiger partial charge in [-0.25, -0.2) is 15.0 Å². The molecule has 2 aromatic heterocycles. The number of hydrogen-bond donors (Lipinski definition) is 1. The maximum atomic E-state index is 5.14. The number of aromatic nitrogens is 3. The van der Waals surface area contributed by atoms with Gasteiger partial charge in [0, 0.05) is 31.6 Å². The Labute approximate surface area is 129 Å². The summed E-state index contributed by atoms with van der Waals surface area (Å²) in [7, 11) is 3.67. The summed E-state index contributed by atoms with van der Waals surface area (Å²) in [6.07, 6.45) is 0. The highest BCUT2D eigenvalue weighted by Gasteiger charge is 2.11. The topological polar surface area (TPSA) is 63.2 Å². The minimum Gasteiger partial charge on any atom is -0.377 e. The van der Waals surface area contributed by atoms with Gasteiger partial charge in [0.1, 0.15) is 18.2 Å². The first kappa shape index (κ1) is 15.7. The Hall–Kier alpha value is -1.73.